The van der Waals surface area contributed by atoms with Crippen molar-refractivity contribution >= 4 is 11.6 Å². The molecular weight excluding hydrogens is 320 g/mol. The van der Waals surface area contributed by atoms with Gasteiger partial charge in [0, 0.05) is 48.6 Å². The van der Waals surface area contributed by atoms with Gasteiger partial charge in [-0.25, -0.2) is 9.50 Å². The number of nitrogens with one attached hydrogen (secondary N) is 1. The number of aryl methyl sites for hydroxylation is 1. The van der Waals surface area contributed by atoms with Gasteiger partial charge in [-0.2, -0.15) is 0 Å². The van der Waals surface area contributed by atoms with Gasteiger partial charge >= 0.3 is 0 Å². The molecule has 0 saturated carbocycles. The summed E-state index contributed by atoms with van der Waals surface area (Å²) in [5, 5.41) is 3.20. The quantitative estimate of drug-likeness (QED) is 0.896. The Balaban J connectivity index is 1.59. The Morgan fingerprint density at radius 3 is 2.92 bits per heavy atom. The van der Waals surface area contributed by atoms with Crippen LogP contribution in [0.1, 0.15) is 48.6 Å². The van der Waals surface area contributed by atoms with Crippen molar-refractivity contribution in [2.75, 3.05) is 19.7 Å². The van der Waals surface area contributed by atoms with Gasteiger partial charge in [0.25, 0.3) is 11.5 Å². The summed E-state index contributed by atoms with van der Waals surface area (Å²) >= 11 is 0. The third-order valence-electron chi connectivity index (χ3n) is 5.48. The number of ether oxygens (including phenoxy) is 1. The van der Waals surface area contributed by atoms with Crippen LogP contribution in [-0.4, -0.2) is 51.2 Å². The molecule has 25 heavy (non-hydrogen) atoms. The first kappa shape index (κ1) is 16.3. The van der Waals surface area contributed by atoms with Crippen LogP contribution in [0.25, 0.3) is 5.65 Å². The first-order valence-corrected chi connectivity index (χ1v) is 9.04. The number of carbonyl (C=O) groups excluding carboxylic acids is 1. The zero-order valence-electron chi connectivity index (χ0n) is 14.7. The molecule has 2 aliphatic heterocycles. The predicted molar refractivity (Wildman–Crippen MR) is 92.8 cm³/mol. The minimum absolute atomic E-state index is 0.0585. The summed E-state index contributed by atoms with van der Waals surface area (Å²) in [6.07, 6.45) is 3.47. The van der Waals surface area contributed by atoms with Crippen molar-refractivity contribution in [3.8, 4) is 0 Å². The number of fused-ring (bicyclic) bond motifs is 1. The third kappa shape index (κ3) is 2.86. The fourth-order valence-electron chi connectivity index (χ4n) is 3.85. The predicted octanol–water partition coefficient (Wildman–Crippen LogP) is 1.52. The molecule has 2 saturated heterocycles. The lowest BCUT2D eigenvalue weighted by Gasteiger charge is -2.33. The second-order valence-electron chi connectivity index (χ2n) is 7.16. The minimum Gasteiger partial charge on any atom is -0.368 e. The molecule has 2 aromatic rings. The number of piperidine rings is 1. The molecule has 0 spiro atoms. The maximum Gasteiger partial charge on any atom is 0.275 e. The van der Waals surface area contributed by atoms with Crippen LogP contribution in [-0.2, 0) is 9.53 Å². The fourth-order valence-corrected chi connectivity index (χ4v) is 3.85. The lowest BCUT2D eigenvalue weighted by atomic mass is 9.94. The fraction of sp³-hybridized carbons (Fsp3) is 0.611. The summed E-state index contributed by atoms with van der Waals surface area (Å²) in [6, 6.07) is 1.94. The second kappa shape index (κ2) is 6.29. The monoisotopic (exact) mass is 344 g/mol. The van der Waals surface area contributed by atoms with Gasteiger partial charge in [-0.05, 0) is 39.5 Å². The average molecular weight is 344 g/mol. The van der Waals surface area contributed by atoms with Gasteiger partial charge in [0.05, 0.1) is 0 Å². The van der Waals surface area contributed by atoms with Gasteiger partial charge in [0.2, 0.25) is 0 Å². The highest BCUT2D eigenvalue weighted by atomic mass is 16.5. The molecule has 0 radical (unpaired) electrons. The Morgan fingerprint density at radius 2 is 2.16 bits per heavy atom. The lowest BCUT2D eigenvalue weighted by Crippen LogP contribution is -2.44. The van der Waals surface area contributed by atoms with Gasteiger partial charge < -0.3 is 9.64 Å². The number of aromatic amines is 1. The number of rotatable bonds is 2. The molecule has 4 rings (SSSR count). The van der Waals surface area contributed by atoms with E-state index < -0.39 is 0 Å². The average Bonchev–Trinajstić information content (AvgIpc) is 3.29. The Morgan fingerprint density at radius 1 is 1.32 bits per heavy atom. The molecule has 1 N–H and O–H groups in total. The highest BCUT2D eigenvalue weighted by Crippen LogP contribution is 2.28. The Kier molecular flexibility index (Phi) is 4.11. The number of likely N-dealkylation sites (tertiary alicyclic amines) is 1. The molecule has 2 fully saturated rings. The summed E-state index contributed by atoms with van der Waals surface area (Å²) < 4.78 is 7.06. The second-order valence-corrected chi connectivity index (χ2v) is 7.16. The number of carbonyl (C=O) groups is 1. The zero-order chi connectivity index (χ0) is 17.6. The van der Waals surface area contributed by atoms with E-state index in [2.05, 4.69) is 10.1 Å². The van der Waals surface area contributed by atoms with Crippen LogP contribution in [0.5, 0.6) is 0 Å². The van der Waals surface area contributed by atoms with Crippen molar-refractivity contribution in [1.82, 2.24) is 19.5 Å². The van der Waals surface area contributed by atoms with Crippen molar-refractivity contribution in [3.63, 3.8) is 0 Å². The molecular formula is C18H24N4O3. The van der Waals surface area contributed by atoms with E-state index >= 15 is 0 Å². The number of hydrogen-bond acceptors (Lipinski definition) is 4. The molecule has 0 aliphatic carbocycles. The number of H-pyrrole nitrogens is 1. The van der Waals surface area contributed by atoms with Crippen LogP contribution in [0.15, 0.2) is 10.9 Å². The van der Waals surface area contributed by atoms with Crippen molar-refractivity contribution in [3.05, 3.63) is 33.4 Å². The van der Waals surface area contributed by atoms with E-state index in [0.717, 1.165) is 43.6 Å². The van der Waals surface area contributed by atoms with Gasteiger partial charge in [-0.1, -0.05) is 0 Å². The molecule has 2 unspecified atom stereocenters. The maximum atomic E-state index is 12.6. The van der Waals surface area contributed by atoms with E-state index in [9.17, 15) is 9.59 Å². The molecule has 7 heteroatoms. The van der Waals surface area contributed by atoms with Crippen LogP contribution < -0.4 is 5.56 Å². The van der Waals surface area contributed by atoms with E-state index in [1.54, 1.807) is 6.92 Å². The van der Waals surface area contributed by atoms with Crippen LogP contribution >= 0.6 is 0 Å². The largest absolute Gasteiger partial charge is 0.368 e. The molecule has 2 aromatic heterocycles. The van der Waals surface area contributed by atoms with Crippen molar-refractivity contribution < 1.29 is 9.53 Å². The Bertz CT molecular complexity index is 863. The lowest BCUT2D eigenvalue weighted by molar-refractivity contribution is -0.142. The van der Waals surface area contributed by atoms with E-state index in [4.69, 9.17) is 4.74 Å². The van der Waals surface area contributed by atoms with Gasteiger partial charge in [-0.15, -0.1) is 0 Å². The normalized spacial score (nSPS) is 24.2. The Labute approximate surface area is 146 Å². The molecule has 0 bridgehead atoms. The minimum atomic E-state index is -0.268. The Hall–Kier alpha value is -2.15. The first-order chi connectivity index (χ1) is 12.0. The summed E-state index contributed by atoms with van der Waals surface area (Å²) in [7, 11) is 0. The summed E-state index contributed by atoms with van der Waals surface area (Å²) in [4.78, 5) is 31.4. The summed E-state index contributed by atoms with van der Waals surface area (Å²) in [5.74, 6) is 0.307. The van der Waals surface area contributed by atoms with Gasteiger partial charge in [0.15, 0.2) is 5.65 Å². The third-order valence-corrected chi connectivity index (χ3v) is 5.48. The zero-order valence-corrected chi connectivity index (χ0v) is 14.7. The van der Waals surface area contributed by atoms with Crippen molar-refractivity contribution in [2.45, 2.75) is 51.6 Å². The molecule has 0 aromatic carbocycles. The van der Waals surface area contributed by atoms with Crippen molar-refractivity contribution in [1.29, 1.82) is 0 Å². The van der Waals surface area contributed by atoms with E-state index in [-0.39, 0.29) is 23.5 Å². The molecule has 2 aliphatic rings. The maximum absolute atomic E-state index is 12.6. The van der Waals surface area contributed by atoms with Crippen LogP contribution in [0.4, 0.5) is 0 Å². The van der Waals surface area contributed by atoms with Gasteiger partial charge in [0.1, 0.15) is 6.10 Å². The highest BCUT2D eigenvalue weighted by molar-refractivity contribution is 5.81. The number of nitrogens with zero attached hydrogens (tertiary/aromatic N) is 3. The SMILES string of the molecule is Cc1nc2cc(C3CCCN(C(=O)C4CCCO4)C3)[nH]n2c(=O)c1C. The topological polar surface area (TPSA) is 79.7 Å². The molecule has 4 heterocycles. The summed E-state index contributed by atoms with van der Waals surface area (Å²) in [6.45, 7) is 5.78. The number of amides is 1. The van der Waals surface area contributed by atoms with Crippen LogP contribution in [0.2, 0.25) is 0 Å². The van der Waals surface area contributed by atoms with E-state index in [1.807, 2.05) is 17.9 Å². The van der Waals surface area contributed by atoms with E-state index in [0.29, 0.717) is 24.4 Å². The highest BCUT2D eigenvalue weighted by Gasteiger charge is 2.32. The number of aromatic nitrogens is 3. The molecule has 7 nitrogen and oxygen atoms in total. The standard InChI is InChI=1S/C18H24N4O3/c1-11-12(2)19-16-9-14(20-22(16)17(11)23)13-5-3-7-21(10-13)18(24)15-6-4-8-25-15/h9,13,15,20H,3-8,10H2,1-2H3. The van der Waals surface area contributed by atoms with Gasteiger partial charge in [-0.3, -0.25) is 14.7 Å². The smallest absolute Gasteiger partial charge is 0.275 e. The van der Waals surface area contributed by atoms with E-state index in [1.165, 1.54) is 4.52 Å². The van der Waals surface area contributed by atoms with Crippen molar-refractivity contribution in [2.24, 2.45) is 0 Å². The molecule has 2 atom stereocenters. The molecule has 134 valence electrons. The van der Waals surface area contributed by atoms with Crippen LogP contribution in [0.3, 0.4) is 0 Å². The molecule has 1 amide bonds. The first-order valence-electron chi connectivity index (χ1n) is 9.04. The number of hydrogen-bond donors (Lipinski definition) is 1. The summed E-state index contributed by atoms with van der Waals surface area (Å²) in [5.41, 5.74) is 2.97. The van der Waals surface area contributed by atoms with Crippen LogP contribution in [0, 0.1) is 13.8 Å².